The summed E-state index contributed by atoms with van der Waals surface area (Å²) in [6.07, 6.45) is 0. The zero-order valence-corrected chi connectivity index (χ0v) is 4.55. The number of amides is 3. The Morgan fingerprint density at radius 1 is 1.56 bits per heavy atom. The van der Waals surface area contributed by atoms with E-state index in [1.165, 1.54) is 0 Å². The van der Waals surface area contributed by atoms with Gasteiger partial charge in [0, 0.05) is 0 Å². The highest BCUT2D eigenvalue weighted by atomic mass is 16.2. The summed E-state index contributed by atoms with van der Waals surface area (Å²) in [6, 6.07) is -0.589. The van der Waals surface area contributed by atoms with Gasteiger partial charge in [-0.1, -0.05) is 0 Å². The highest BCUT2D eigenvalue weighted by Gasteiger charge is 2.17. The molecule has 9 heavy (non-hydrogen) atoms. The second kappa shape index (κ2) is 2.00. The minimum atomic E-state index is -0.589. The topological polar surface area (TPSA) is 87.5 Å². The molecule has 0 aromatic rings. The van der Waals surface area contributed by atoms with E-state index in [4.69, 9.17) is 5.84 Å². The number of hydrazine groups is 2. The SMILES string of the molecule is NN1CC(=O)NC(=O)N1. The fourth-order valence-electron chi connectivity index (χ4n) is 0.519. The molecule has 1 heterocycles. The van der Waals surface area contributed by atoms with Gasteiger partial charge in [-0.15, -0.1) is 5.12 Å². The number of urea groups is 1. The lowest BCUT2D eigenvalue weighted by molar-refractivity contribution is -0.123. The zero-order chi connectivity index (χ0) is 6.85. The Balaban J connectivity index is 2.53. The van der Waals surface area contributed by atoms with Crippen LogP contribution >= 0.6 is 0 Å². The molecular weight excluding hydrogens is 124 g/mol. The van der Waals surface area contributed by atoms with Gasteiger partial charge in [0.2, 0.25) is 5.91 Å². The van der Waals surface area contributed by atoms with Crippen molar-refractivity contribution in [2.45, 2.75) is 0 Å². The predicted octanol–water partition coefficient (Wildman–Crippen LogP) is -2.08. The van der Waals surface area contributed by atoms with E-state index in [-0.39, 0.29) is 6.54 Å². The lowest BCUT2D eigenvalue weighted by Crippen LogP contribution is -2.61. The summed E-state index contributed by atoms with van der Waals surface area (Å²) in [5.74, 6) is 4.65. The smallest absolute Gasteiger partial charge is 0.276 e. The summed E-state index contributed by atoms with van der Waals surface area (Å²) in [5.41, 5.74) is 2.15. The van der Waals surface area contributed by atoms with Gasteiger partial charge < -0.3 is 0 Å². The number of carbonyl (C=O) groups is 2. The maximum absolute atomic E-state index is 10.4. The molecule has 0 atom stereocenters. The fraction of sp³-hybridized carbons (Fsp3) is 0.333. The number of hydrogen-bond donors (Lipinski definition) is 3. The summed E-state index contributed by atoms with van der Waals surface area (Å²) in [4.78, 5) is 20.7. The van der Waals surface area contributed by atoms with Crippen LogP contribution in [0, 0.1) is 0 Å². The average Bonchev–Trinajstić information content (AvgIpc) is 1.59. The van der Waals surface area contributed by atoms with Crippen LogP contribution in [-0.2, 0) is 4.79 Å². The first-order valence-corrected chi connectivity index (χ1v) is 2.31. The van der Waals surface area contributed by atoms with Crippen molar-refractivity contribution in [3.63, 3.8) is 0 Å². The molecule has 0 aromatic heterocycles. The molecule has 1 saturated heterocycles. The molecule has 0 aliphatic carbocycles. The standard InChI is InChI=1S/C3H6N4O2/c4-7-1-2(8)5-3(9)6-7/h1,4H2,(H2,5,6,8,9). The maximum atomic E-state index is 10.4. The van der Waals surface area contributed by atoms with Crippen LogP contribution in [0.15, 0.2) is 0 Å². The van der Waals surface area contributed by atoms with Crippen LogP contribution in [0.5, 0.6) is 0 Å². The molecule has 3 amide bonds. The average molecular weight is 130 g/mol. The van der Waals surface area contributed by atoms with Gasteiger partial charge >= 0.3 is 6.03 Å². The van der Waals surface area contributed by atoms with E-state index in [1.807, 2.05) is 5.32 Å². The largest absolute Gasteiger partial charge is 0.337 e. The molecule has 1 aliphatic rings. The molecule has 4 N–H and O–H groups in total. The van der Waals surface area contributed by atoms with Gasteiger partial charge in [-0.3, -0.25) is 21.4 Å². The Hall–Kier alpha value is -1.14. The summed E-state index contributed by atoms with van der Waals surface area (Å²) >= 11 is 0. The van der Waals surface area contributed by atoms with Crippen molar-refractivity contribution in [2.75, 3.05) is 6.54 Å². The lowest BCUT2D eigenvalue weighted by Gasteiger charge is -2.21. The molecule has 0 saturated carbocycles. The second-order valence-electron chi connectivity index (χ2n) is 1.62. The van der Waals surface area contributed by atoms with Crippen LogP contribution in [0.25, 0.3) is 0 Å². The molecule has 1 fully saturated rings. The van der Waals surface area contributed by atoms with Gasteiger partial charge in [-0.2, -0.15) is 0 Å². The van der Waals surface area contributed by atoms with Crippen LogP contribution in [-0.4, -0.2) is 23.6 Å². The molecule has 6 nitrogen and oxygen atoms in total. The quantitative estimate of drug-likeness (QED) is 0.328. The summed E-state index contributed by atoms with van der Waals surface area (Å²) in [5, 5.41) is 2.92. The summed E-state index contributed by atoms with van der Waals surface area (Å²) < 4.78 is 0. The molecule has 1 rings (SSSR count). The van der Waals surface area contributed by atoms with E-state index >= 15 is 0 Å². The monoisotopic (exact) mass is 130 g/mol. The fourth-order valence-corrected chi connectivity index (χ4v) is 0.519. The first-order chi connectivity index (χ1) is 4.18. The van der Waals surface area contributed by atoms with Gasteiger partial charge in [0.25, 0.3) is 0 Å². The zero-order valence-electron chi connectivity index (χ0n) is 4.55. The summed E-state index contributed by atoms with van der Waals surface area (Å²) in [6.45, 7) is -0.00819. The Bertz CT molecular complexity index is 140. The van der Waals surface area contributed by atoms with Crippen molar-refractivity contribution < 1.29 is 9.59 Å². The third-order valence-corrected chi connectivity index (χ3v) is 0.812. The number of carbonyl (C=O) groups excluding carboxylic acids is 2. The molecule has 1 aliphatic heterocycles. The van der Waals surface area contributed by atoms with Crippen molar-refractivity contribution in [1.82, 2.24) is 15.9 Å². The maximum Gasteiger partial charge on any atom is 0.337 e. The Labute approximate surface area is 50.9 Å². The Morgan fingerprint density at radius 2 is 2.22 bits per heavy atom. The van der Waals surface area contributed by atoms with Crippen molar-refractivity contribution >= 4 is 11.9 Å². The number of hydrogen-bond acceptors (Lipinski definition) is 4. The van der Waals surface area contributed by atoms with Gasteiger partial charge in [0.05, 0.1) is 0 Å². The number of nitrogens with zero attached hydrogens (tertiary/aromatic N) is 1. The van der Waals surface area contributed by atoms with E-state index in [1.54, 1.807) is 0 Å². The second-order valence-corrected chi connectivity index (χ2v) is 1.62. The minimum absolute atomic E-state index is 0.00819. The van der Waals surface area contributed by atoms with Crippen LogP contribution < -0.4 is 16.6 Å². The molecule has 0 aromatic carbocycles. The minimum Gasteiger partial charge on any atom is -0.276 e. The van der Waals surface area contributed by atoms with Crippen molar-refractivity contribution in [1.29, 1.82) is 0 Å². The highest BCUT2D eigenvalue weighted by molar-refractivity contribution is 5.96. The third kappa shape index (κ3) is 1.37. The first-order valence-electron chi connectivity index (χ1n) is 2.31. The summed E-state index contributed by atoms with van der Waals surface area (Å²) in [7, 11) is 0. The van der Waals surface area contributed by atoms with E-state index in [0.29, 0.717) is 0 Å². The van der Waals surface area contributed by atoms with E-state index in [0.717, 1.165) is 5.12 Å². The third-order valence-electron chi connectivity index (χ3n) is 0.812. The number of imide groups is 1. The van der Waals surface area contributed by atoms with Crippen LogP contribution in [0.2, 0.25) is 0 Å². The van der Waals surface area contributed by atoms with Gasteiger partial charge in [0.15, 0.2) is 0 Å². The van der Waals surface area contributed by atoms with E-state index in [2.05, 4.69) is 5.43 Å². The number of rotatable bonds is 0. The molecule has 0 spiro atoms. The first kappa shape index (κ1) is 5.99. The van der Waals surface area contributed by atoms with Crippen LogP contribution in [0.4, 0.5) is 4.79 Å². The Morgan fingerprint density at radius 3 is 2.67 bits per heavy atom. The van der Waals surface area contributed by atoms with Crippen molar-refractivity contribution in [2.24, 2.45) is 5.84 Å². The molecule has 0 unspecified atom stereocenters. The number of nitrogens with one attached hydrogen (secondary N) is 2. The Kier molecular flexibility index (Phi) is 1.33. The number of nitrogens with two attached hydrogens (primary N) is 1. The molecule has 6 heteroatoms. The molecule has 50 valence electrons. The van der Waals surface area contributed by atoms with E-state index in [9.17, 15) is 9.59 Å². The van der Waals surface area contributed by atoms with Gasteiger partial charge in [0.1, 0.15) is 6.54 Å². The lowest BCUT2D eigenvalue weighted by atomic mass is 10.5. The predicted molar refractivity (Wildman–Crippen MR) is 27.6 cm³/mol. The van der Waals surface area contributed by atoms with Crippen LogP contribution in [0.3, 0.4) is 0 Å². The van der Waals surface area contributed by atoms with Crippen molar-refractivity contribution in [3.05, 3.63) is 0 Å². The van der Waals surface area contributed by atoms with E-state index < -0.39 is 11.9 Å². The van der Waals surface area contributed by atoms with Gasteiger partial charge in [-0.25, -0.2) is 4.79 Å². The normalized spacial score (nSPS) is 21.0. The molecular formula is C3H6N4O2. The van der Waals surface area contributed by atoms with Crippen molar-refractivity contribution in [3.8, 4) is 0 Å². The highest BCUT2D eigenvalue weighted by Crippen LogP contribution is 1.79. The molecule has 0 radical (unpaired) electrons. The van der Waals surface area contributed by atoms with Gasteiger partial charge in [-0.05, 0) is 0 Å². The molecule has 0 bridgehead atoms. The van der Waals surface area contributed by atoms with Crippen LogP contribution in [0.1, 0.15) is 0 Å².